The van der Waals surface area contributed by atoms with E-state index < -0.39 is 5.66 Å². The fourth-order valence-electron chi connectivity index (χ4n) is 3.72. The Balaban J connectivity index is 2.08. The number of amides is 1. The third-order valence-electron chi connectivity index (χ3n) is 4.85. The van der Waals surface area contributed by atoms with Crippen LogP contribution in [0.1, 0.15) is 32.1 Å². The average Bonchev–Trinajstić information content (AvgIpc) is 2.63. The zero-order chi connectivity index (χ0) is 19.4. The van der Waals surface area contributed by atoms with Gasteiger partial charge >= 0.3 is 0 Å². The molecule has 9 nitrogen and oxygen atoms in total. The van der Waals surface area contributed by atoms with Crippen LogP contribution in [0.2, 0.25) is 0 Å². The Hall–Kier alpha value is -2.81. The highest BCUT2D eigenvalue weighted by molar-refractivity contribution is 6.08. The van der Waals surface area contributed by atoms with Crippen LogP contribution in [0.4, 0.5) is 11.4 Å². The highest BCUT2D eigenvalue weighted by atomic mass is 16.5. The Morgan fingerprint density at radius 1 is 1.26 bits per heavy atom. The van der Waals surface area contributed by atoms with Crippen molar-refractivity contribution in [1.82, 2.24) is 0 Å². The molecule has 1 aliphatic heterocycles. The van der Waals surface area contributed by atoms with Gasteiger partial charge in [0.1, 0.15) is 18.0 Å². The normalized spacial score (nSPS) is 18.7. The van der Waals surface area contributed by atoms with Gasteiger partial charge in [0.15, 0.2) is 0 Å². The predicted molar refractivity (Wildman–Crippen MR) is 105 cm³/mol. The number of benzene rings is 1. The maximum absolute atomic E-state index is 12.1. The topological polar surface area (TPSA) is 128 Å². The van der Waals surface area contributed by atoms with E-state index in [1.165, 1.54) is 7.11 Å². The maximum Gasteiger partial charge on any atom is 0.250 e. The zero-order valence-corrected chi connectivity index (χ0v) is 15.7. The van der Waals surface area contributed by atoms with E-state index in [9.17, 15) is 4.79 Å². The molecule has 1 fully saturated rings. The minimum Gasteiger partial charge on any atom is -0.497 e. The molecule has 2 aliphatic rings. The van der Waals surface area contributed by atoms with E-state index in [-0.39, 0.29) is 24.4 Å². The highest BCUT2D eigenvalue weighted by Crippen LogP contribution is 2.43. The van der Waals surface area contributed by atoms with Gasteiger partial charge in [0.25, 0.3) is 0 Å². The van der Waals surface area contributed by atoms with Crippen LogP contribution in [0.15, 0.2) is 28.2 Å². The number of hydrogen-bond acceptors (Lipinski definition) is 8. The van der Waals surface area contributed by atoms with Crippen molar-refractivity contribution in [2.45, 2.75) is 37.8 Å². The Labute approximate surface area is 158 Å². The van der Waals surface area contributed by atoms with E-state index in [0.717, 1.165) is 32.1 Å². The maximum atomic E-state index is 12.1. The molecule has 0 saturated heterocycles. The summed E-state index contributed by atoms with van der Waals surface area (Å²) in [5.41, 5.74) is 12.9. The first-order chi connectivity index (χ1) is 13.0. The number of aliphatic imine (C=N–C) groups is 2. The molecule has 0 radical (unpaired) electrons. The van der Waals surface area contributed by atoms with Crippen LogP contribution >= 0.6 is 0 Å². The van der Waals surface area contributed by atoms with Gasteiger partial charge < -0.3 is 26.3 Å². The summed E-state index contributed by atoms with van der Waals surface area (Å²) in [6.45, 7) is -0.0503. The molecular formula is C18H26N6O3. The summed E-state index contributed by atoms with van der Waals surface area (Å²) in [4.78, 5) is 22.8. The number of guanidine groups is 2. The molecule has 1 saturated carbocycles. The van der Waals surface area contributed by atoms with Crippen molar-refractivity contribution in [3.63, 3.8) is 0 Å². The fourth-order valence-corrected chi connectivity index (χ4v) is 3.72. The molecule has 1 spiro atoms. The van der Waals surface area contributed by atoms with E-state index in [0.29, 0.717) is 17.1 Å². The van der Waals surface area contributed by atoms with Crippen molar-refractivity contribution in [2.24, 2.45) is 21.5 Å². The van der Waals surface area contributed by atoms with Gasteiger partial charge in [-0.2, -0.15) is 4.99 Å². The lowest BCUT2D eigenvalue weighted by Gasteiger charge is -2.46. The summed E-state index contributed by atoms with van der Waals surface area (Å²) >= 11 is 0. The number of methoxy groups -OCH3 is 2. The minimum atomic E-state index is -0.610. The third-order valence-corrected chi connectivity index (χ3v) is 4.85. The molecule has 0 unspecified atom stereocenters. The van der Waals surface area contributed by atoms with E-state index >= 15 is 0 Å². The molecule has 1 aromatic rings. The predicted octanol–water partition coefficient (Wildman–Crippen LogP) is 1.39. The molecule has 1 heterocycles. The molecule has 9 heteroatoms. The molecule has 27 heavy (non-hydrogen) atoms. The van der Waals surface area contributed by atoms with Gasteiger partial charge in [-0.05, 0) is 37.8 Å². The van der Waals surface area contributed by atoms with Gasteiger partial charge in [0.05, 0.1) is 18.5 Å². The molecular weight excluding hydrogens is 348 g/mol. The number of ether oxygens (including phenoxy) is 2. The van der Waals surface area contributed by atoms with Gasteiger partial charge in [-0.1, -0.05) is 6.42 Å². The Kier molecular flexibility index (Phi) is 5.50. The van der Waals surface area contributed by atoms with Gasteiger partial charge in [-0.25, -0.2) is 4.99 Å². The molecule has 1 amide bonds. The van der Waals surface area contributed by atoms with Crippen LogP contribution in [0, 0.1) is 0 Å². The van der Waals surface area contributed by atoms with Crippen LogP contribution in [0.5, 0.6) is 5.75 Å². The number of nitrogens with two attached hydrogens (primary N) is 2. The van der Waals surface area contributed by atoms with Gasteiger partial charge in [-0.3, -0.25) is 9.69 Å². The quantitative estimate of drug-likeness (QED) is 0.714. The first-order valence-electron chi connectivity index (χ1n) is 8.95. The smallest absolute Gasteiger partial charge is 0.250 e. The summed E-state index contributed by atoms with van der Waals surface area (Å²) in [5.74, 6) is 0.798. The molecule has 146 valence electrons. The van der Waals surface area contributed by atoms with E-state index in [2.05, 4.69) is 15.3 Å². The van der Waals surface area contributed by atoms with Crippen molar-refractivity contribution < 1.29 is 14.3 Å². The van der Waals surface area contributed by atoms with Crippen LogP contribution in [-0.4, -0.2) is 44.3 Å². The number of rotatable bonds is 5. The van der Waals surface area contributed by atoms with E-state index in [1.54, 1.807) is 19.2 Å². The second kappa shape index (κ2) is 7.83. The lowest BCUT2D eigenvalue weighted by Crippen LogP contribution is -2.58. The lowest BCUT2D eigenvalue weighted by atomic mass is 9.87. The monoisotopic (exact) mass is 374 g/mol. The molecule has 0 atom stereocenters. The number of carbonyl (C=O) groups is 1. The molecule has 5 N–H and O–H groups in total. The molecule has 1 aromatic carbocycles. The van der Waals surface area contributed by atoms with Gasteiger partial charge in [0, 0.05) is 13.2 Å². The van der Waals surface area contributed by atoms with Gasteiger partial charge in [-0.15, -0.1) is 0 Å². The van der Waals surface area contributed by atoms with E-state index in [1.807, 2.05) is 11.0 Å². The Morgan fingerprint density at radius 3 is 2.67 bits per heavy atom. The van der Waals surface area contributed by atoms with Crippen molar-refractivity contribution in [1.29, 1.82) is 0 Å². The van der Waals surface area contributed by atoms with Crippen molar-refractivity contribution in [3.05, 3.63) is 18.2 Å². The molecule has 3 rings (SSSR count). The fraction of sp³-hybridized carbons (Fsp3) is 0.500. The molecule has 0 aromatic heterocycles. The Morgan fingerprint density at radius 2 is 2.00 bits per heavy atom. The first kappa shape index (κ1) is 19.0. The number of hydrogen-bond donors (Lipinski definition) is 3. The summed E-state index contributed by atoms with van der Waals surface area (Å²) in [6.07, 6.45) is 4.75. The third kappa shape index (κ3) is 3.82. The van der Waals surface area contributed by atoms with Crippen molar-refractivity contribution >= 4 is 29.2 Å². The lowest BCUT2D eigenvalue weighted by molar-refractivity contribution is -0.119. The number of anilines is 2. The summed E-state index contributed by atoms with van der Waals surface area (Å²) < 4.78 is 10.3. The van der Waals surface area contributed by atoms with Crippen LogP contribution < -0.4 is 26.4 Å². The zero-order valence-electron chi connectivity index (χ0n) is 15.7. The van der Waals surface area contributed by atoms with Crippen molar-refractivity contribution in [2.75, 3.05) is 31.0 Å². The summed E-state index contributed by atoms with van der Waals surface area (Å²) in [6, 6.07) is 5.36. The van der Waals surface area contributed by atoms with Crippen molar-refractivity contribution in [3.8, 4) is 5.75 Å². The second-order valence-corrected chi connectivity index (χ2v) is 6.68. The number of carbonyl (C=O) groups excluding carboxylic acids is 1. The molecule has 0 bridgehead atoms. The second-order valence-electron chi connectivity index (χ2n) is 6.68. The average molecular weight is 374 g/mol. The Bertz CT molecular complexity index is 770. The standard InChI is InChI=1S/C18H26N6O3/c1-26-11-15(25)21-13-7-6-12(27-2)10-14(13)24-17(20)22-16(19)23-18(24)8-4-3-5-9-18/h6-7,10H,3-5,8-9,11H2,1-2H3,(H,21,25)(H4,19,20,22,23). The van der Waals surface area contributed by atoms with Crippen LogP contribution in [0.3, 0.4) is 0 Å². The van der Waals surface area contributed by atoms with E-state index in [4.69, 9.17) is 20.9 Å². The molecule has 1 aliphatic carbocycles. The van der Waals surface area contributed by atoms with Gasteiger partial charge in [0.2, 0.25) is 17.8 Å². The largest absolute Gasteiger partial charge is 0.497 e. The van der Waals surface area contributed by atoms with Crippen LogP contribution in [0.25, 0.3) is 0 Å². The first-order valence-corrected chi connectivity index (χ1v) is 8.95. The summed E-state index contributed by atoms with van der Waals surface area (Å²) in [5, 5.41) is 2.86. The summed E-state index contributed by atoms with van der Waals surface area (Å²) in [7, 11) is 3.06. The van der Waals surface area contributed by atoms with Crippen LogP contribution in [-0.2, 0) is 9.53 Å². The number of nitrogens with zero attached hydrogens (tertiary/aromatic N) is 3. The number of nitrogens with one attached hydrogen (secondary N) is 1. The SMILES string of the molecule is COCC(=O)Nc1ccc(OC)cc1N1C(N)=NC(N)=NC12CCCCC2. The highest BCUT2D eigenvalue weighted by Gasteiger charge is 2.43. The minimum absolute atomic E-state index is 0.0503.